The lowest BCUT2D eigenvalue weighted by atomic mass is 9.94. The Labute approximate surface area is 176 Å². The summed E-state index contributed by atoms with van der Waals surface area (Å²) in [5, 5.41) is 0. The Bertz CT molecular complexity index is 964. The van der Waals surface area contributed by atoms with Crippen LogP contribution in [-0.2, 0) is 19.4 Å². The molecule has 6 N–H and O–H groups in total. The maximum Gasteiger partial charge on any atom is 0.309 e. The number of sulfone groups is 1. The summed E-state index contributed by atoms with van der Waals surface area (Å²) in [6.45, 7) is 5.74. The molecule has 0 aromatic heterocycles. The van der Waals surface area contributed by atoms with Crippen LogP contribution in [0.25, 0.3) is 0 Å². The number of benzene rings is 1. The van der Waals surface area contributed by atoms with Crippen molar-refractivity contribution in [2.24, 2.45) is 28.1 Å². The first kappa shape index (κ1) is 23.6. The van der Waals surface area contributed by atoms with Gasteiger partial charge in [0.15, 0.2) is 15.8 Å². The van der Waals surface area contributed by atoms with Gasteiger partial charge in [0.2, 0.25) is 0 Å². The molecule has 1 amide bonds. The molecule has 1 aliphatic heterocycles. The Kier molecular flexibility index (Phi) is 6.77. The third kappa shape index (κ3) is 5.92. The van der Waals surface area contributed by atoms with Crippen molar-refractivity contribution >= 4 is 33.4 Å². The quantitative estimate of drug-likeness (QED) is 0.340. The molecule has 11 heteroatoms. The van der Waals surface area contributed by atoms with Gasteiger partial charge in [0.1, 0.15) is 5.60 Å². The molecular formula is C19H29N5O5S. The Balaban J connectivity index is 2.32. The Hall–Kier alpha value is -2.66. The molecule has 0 aliphatic carbocycles. The topological polar surface area (TPSA) is 171 Å². The van der Waals surface area contributed by atoms with E-state index in [1.165, 1.54) is 18.2 Å². The fraction of sp³-hybridized carbons (Fsp3) is 0.526. The number of amides is 1. The average Bonchev–Trinajstić information content (AvgIpc) is 2.58. The Morgan fingerprint density at radius 2 is 1.87 bits per heavy atom. The summed E-state index contributed by atoms with van der Waals surface area (Å²) in [4.78, 5) is 29.5. The first-order valence-electron chi connectivity index (χ1n) is 9.42. The number of nitrogens with two attached hydrogens (primary N) is 3. The van der Waals surface area contributed by atoms with E-state index in [0.717, 1.165) is 6.26 Å². The zero-order valence-corrected chi connectivity index (χ0v) is 18.4. The molecule has 166 valence electrons. The molecule has 1 heterocycles. The SMILES string of the molecule is CC(C)(C)OC(=O)C1CCN(c2ccc(C(=O)N=C(N)N)cc2S(C)(=O)=O)C(N)C1. The highest BCUT2D eigenvalue weighted by atomic mass is 32.2. The van der Waals surface area contributed by atoms with Crippen LogP contribution >= 0.6 is 0 Å². The van der Waals surface area contributed by atoms with Gasteiger partial charge >= 0.3 is 5.97 Å². The summed E-state index contributed by atoms with van der Waals surface area (Å²) in [6.07, 6.45) is 1.21. The van der Waals surface area contributed by atoms with E-state index in [1.807, 2.05) is 0 Å². The van der Waals surface area contributed by atoms with Gasteiger partial charge in [-0.15, -0.1) is 0 Å². The lowest BCUT2D eigenvalue weighted by molar-refractivity contribution is -0.161. The van der Waals surface area contributed by atoms with Gasteiger partial charge in [-0.25, -0.2) is 8.42 Å². The molecule has 1 aliphatic rings. The molecule has 1 aromatic carbocycles. The smallest absolute Gasteiger partial charge is 0.309 e. The Morgan fingerprint density at radius 1 is 1.23 bits per heavy atom. The van der Waals surface area contributed by atoms with Gasteiger partial charge in [-0.05, 0) is 51.8 Å². The number of hydrogen-bond acceptors (Lipinski definition) is 7. The molecule has 0 radical (unpaired) electrons. The lowest BCUT2D eigenvalue weighted by Gasteiger charge is -2.39. The van der Waals surface area contributed by atoms with Crippen molar-refractivity contribution in [2.75, 3.05) is 17.7 Å². The predicted molar refractivity (Wildman–Crippen MR) is 114 cm³/mol. The molecule has 2 unspecified atom stereocenters. The molecule has 10 nitrogen and oxygen atoms in total. The summed E-state index contributed by atoms with van der Waals surface area (Å²) < 4.78 is 30.2. The van der Waals surface area contributed by atoms with E-state index in [1.54, 1.807) is 25.7 Å². The summed E-state index contributed by atoms with van der Waals surface area (Å²) >= 11 is 0. The van der Waals surface area contributed by atoms with E-state index < -0.39 is 33.5 Å². The van der Waals surface area contributed by atoms with Crippen molar-refractivity contribution in [2.45, 2.75) is 50.3 Å². The van der Waals surface area contributed by atoms with Crippen LogP contribution in [0.5, 0.6) is 0 Å². The number of aliphatic imine (C=N–C) groups is 1. The van der Waals surface area contributed by atoms with Crippen LogP contribution in [0.2, 0.25) is 0 Å². The summed E-state index contributed by atoms with van der Waals surface area (Å²) in [6, 6.07) is 4.16. The van der Waals surface area contributed by atoms with Gasteiger partial charge in [0.05, 0.1) is 22.7 Å². The van der Waals surface area contributed by atoms with E-state index in [0.29, 0.717) is 25.1 Å². The van der Waals surface area contributed by atoms with Gasteiger partial charge in [0, 0.05) is 18.4 Å². The number of piperidine rings is 1. The van der Waals surface area contributed by atoms with Crippen LogP contribution in [0.3, 0.4) is 0 Å². The van der Waals surface area contributed by atoms with E-state index in [4.69, 9.17) is 21.9 Å². The molecule has 2 rings (SSSR count). The van der Waals surface area contributed by atoms with Crippen molar-refractivity contribution in [1.82, 2.24) is 0 Å². The minimum atomic E-state index is -3.70. The van der Waals surface area contributed by atoms with Gasteiger partial charge in [-0.1, -0.05) is 0 Å². The van der Waals surface area contributed by atoms with E-state index in [2.05, 4.69) is 4.99 Å². The second-order valence-electron chi connectivity index (χ2n) is 8.31. The van der Waals surface area contributed by atoms with Crippen LogP contribution in [0.1, 0.15) is 44.0 Å². The second kappa shape index (κ2) is 8.60. The van der Waals surface area contributed by atoms with E-state index in [9.17, 15) is 18.0 Å². The highest BCUT2D eigenvalue weighted by Crippen LogP contribution is 2.33. The number of esters is 1. The normalized spacial score (nSPS) is 19.8. The predicted octanol–water partition coefficient (Wildman–Crippen LogP) is 0.347. The van der Waals surface area contributed by atoms with Crippen LogP contribution in [0, 0.1) is 5.92 Å². The lowest BCUT2D eigenvalue weighted by Crippen LogP contribution is -2.50. The molecule has 1 fully saturated rings. The highest BCUT2D eigenvalue weighted by Gasteiger charge is 2.35. The van der Waals surface area contributed by atoms with E-state index in [-0.39, 0.29) is 22.3 Å². The number of rotatable bonds is 4. The minimum absolute atomic E-state index is 0.0322. The number of nitrogens with zero attached hydrogens (tertiary/aromatic N) is 2. The number of carbonyl (C=O) groups excluding carboxylic acids is 2. The Morgan fingerprint density at radius 3 is 2.37 bits per heavy atom. The van der Waals surface area contributed by atoms with Crippen LogP contribution in [-0.4, -0.2) is 50.8 Å². The number of carbonyl (C=O) groups is 2. The number of hydrogen-bond donors (Lipinski definition) is 3. The minimum Gasteiger partial charge on any atom is -0.460 e. The zero-order valence-electron chi connectivity index (χ0n) is 17.6. The molecule has 30 heavy (non-hydrogen) atoms. The number of guanidine groups is 1. The average molecular weight is 440 g/mol. The molecular weight excluding hydrogens is 410 g/mol. The van der Waals surface area contributed by atoms with Crippen molar-refractivity contribution < 1.29 is 22.7 Å². The largest absolute Gasteiger partial charge is 0.460 e. The first-order valence-corrected chi connectivity index (χ1v) is 11.3. The maximum atomic E-state index is 12.4. The molecule has 0 bridgehead atoms. The molecule has 0 saturated carbocycles. The standard InChI is InChI=1S/C19H29N5O5S/c1-19(2,3)29-17(26)12-7-8-24(15(20)10-12)13-6-5-11(16(25)23-18(21)22)9-14(13)30(4,27)28/h5-6,9,12,15H,7-8,10,20H2,1-4H3,(H4,21,22,23,25). The summed E-state index contributed by atoms with van der Waals surface area (Å²) in [5.41, 5.74) is 16.5. The fourth-order valence-corrected chi connectivity index (χ4v) is 4.17. The third-order valence-corrected chi connectivity index (χ3v) is 5.66. The van der Waals surface area contributed by atoms with Crippen molar-refractivity contribution in [1.29, 1.82) is 0 Å². The number of anilines is 1. The molecule has 2 atom stereocenters. The maximum absolute atomic E-state index is 12.4. The third-order valence-electron chi connectivity index (χ3n) is 4.53. The second-order valence-corrected chi connectivity index (χ2v) is 10.3. The van der Waals surface area contributed by atoms with Gasteiger partial charge in [-0.3, -0.25) is 9.59 Å². The molecule has 1 saturated heterocycles. The van der Waals surface area contributed by atoms with E-state index >= 15 is 0 Å². The van der Waals surface area contributed by atoms with Gasteiger partial charge < -0.3 is 26.8 Å². The summed E-state index contributed by atoms with van der Waals surface area (Å²) in [7, 11) is -3.70. The monoisotopic (exact) mass is 439 g/mol. The highest BCUT2D eigenvalue weighted by molar-refractivity contribution is 7.90. The van der Waals surface area contributed by atoms with Gasteiger partial charge in [0.25, 0.3) is 5.91 Å². The molecule has 1 aromatic rings. The summed E-state index contributed by atoms with van der Waals surface area (Å²) in [5.74, 6) is -1.87. The van der Waals surface area contributed by atoms with Crippen molar-refractivity contribution in [3.8, 4) is 0 Å². The van der Waals surface area contributed by atoms with Crippen LogP contribution < -0.4 is 22.1 Å². The van der Waals surface area contributed by atoms with Crippen molar-refractivity contribution in [3.63, 3.8) is 0 Å². The van der Waals surface area contributed by atoms with Crippen LogP contribution in [0.4, 0.5) is 5.69 Å². The van der Waals surface area contributed by atoms with Crippen molar-refractivity contribution in [3.05, 3.63) is 23.8 Å². The number of ether oxygens (including phenoxy) is 1. The van der Waals surface area contributed by atoms with Gasteiger partial charge in [-0.2, -0.15) is 4.99 Å². The fourth-order valence-electron chi connectivity index (χ4n) is 3.26. The molecule has 0 spiro atoms. The van der Waals surface area contributed by atoms with Crippen LogP contribution in [0.15, 0.2) is 28.1 Å². The zero-order chi connectivity index (χ0) is 22.9. The first-order chi connectivity index (χ1) is 13.7.